The van der Waals surface area contributed by atoms with Gasteiger partial charge in [0.1, 0.15) is 0 Å². The van der Waals surface area contributed by atoms with Crippen LogP contribution in [0.2, 0.25) is 0 Å². The highest BCUT2D eigenvalue weighted by Crippen LogP contribution is 2.44. The largest absolute Gasteiger partial charge is 0.234 e. The molecule has 1 heterocycles. The minimum absolute atomic E-state index is 0.0225. The summed E-state index contributed by atoms with van der Waals surface area (Å²) in [6.07, 6.45) is 9.91. The number of nitrogens with zero attached hydrogens (tertiary/aromatic N) is 3. The fourth-order valence-corrected chi connectivity index (χ4v) is 3.96. The first kappa shape index (κ1) is 16.9. The van der Waals surface area contributed by atoms with E-state index in [0.717, 1.165) is 47.9 Å². The number of aryl methyl sites for hydroxylation is 2. The molecule has 0 saturated heterocycles. The molecule has 0 aliphatic heterocycles. The summed E-state index contributed by atoms with van der Waals surface area (Å²) in [7, 11) is 0. The van der Waals surface area contributed by atoms with E-state index < -0.39 is 0 Å². The van der Waals surface area contributed by atoms with Gasteiger partial charge in [-0.2, -0.15) is 5.10 Å². The van der Waals surface area contributed by atoms with Crippen LogP contribution in [0.15, 0.2) is 23.3 Å². The third-order valence-electron chi connectivity index (χ3n) is 3.95. The summed E-state index contributed by atoms with van der Waals surface area (Å²) in [5.74, 6) is 1.11. The molecule has 0 bridgehead atoms. The molecular weight excluding hydrogens is 397 g/mol. The van der Waals surface area contributed by atoms with Gasteiger partial charge in [-0.25, -0.2) is 4.98 Å². The molecule has 0 saturated carbocycles. The summed E-state index contributed by atoms with van der Waals surface area (Å²) in [5, 5.41) is 9.62. The van der Waals surface area contributed by atoms with Crippen LogP contribution in [0.5, 0.6) is 0 Å². The molecule has 0 spiro atoms. The van der Waals surface area contributed by atoms with Gasteiger partial charge in [0.15, 0.2) is 5.82 Å². The van der Waals surface area contributed by atoms with Gasteiger partial charge in [-0.15, -0.1) is 5.10 Å². The third-order valence-corrected chi connectivity index (χ3v) is 5.79. The van der Waals surface area contributed by atoms with Crippen LogP contribution < -0.4 is 0 Å². The molecule has 2 atom stereocenters. The van der Waals surface area contributed by atoms with Crippen LogP contribution in [0.25, 0.3) is 0 Å². The second-order valence-corrected chi connectivity index (χ2v) is 7.73. The number of rotatable bonds is 5. The van der Waals surface area contributed by atoms with Gasteiger partial charge in [0.05, 0.1) is 14.8 Å². The maximum Gasteiger partial charge on any atom is 0.155 e. The first-order valence-corrected chi connectivity index (χ1v) is 8.95. The predicted molar refractivity (Wildman–Crippen MR) is 96.1 cm³/mol. The van der Waals surface area contributed by atoms with Gasteiger partial charge in [-0.05, 0) is 31.8 Å². The quantitative estimate of drug-likeness (QED) is 0.513. The molecule has 0 radical (unpaired) electrons. The van der Waals surface area contributed by atoms with E-state index in [9.17, 15) is 0 Å². The molecule has 1 aliphatic carbocycles. The fourth-order valence-electron chi connectivity index (χ4n) is 2.70. The Morgan fingerprint density at radius 3 is 2.48 bits per heavy atom. The van der Waals surface area contributed by atoms with Crippen molar-refractivity contribution in [3.63, 3.8) is 0 Å². The summed E-state index contributed by atoms with van der Waals surface area (Å²) in [5.41, 5.74) is 2.09. The zero-order valence-corrected chi connectivity index (χ0v) is 15.6. The standard InChI is InChI=1S/C16H21ClIN3/c1-4-12(16(18)9-7-11(17)8-10-16)15-19-13(5-2)14(6-3)20-21-15/h7-9,12H,4-6,10H2,1-3H3. The van der Waals surface area contributed by atoms with E-state index in [4.69, 9.17) is 16.6 Å². The van der Waals surface area contributed by atoms with E-state index >= 15 is 0 Å². The van der Waals surface area contributed by atoms with Crippen LogP contribution in [-0.4, -0.2) is 18.6 Å². The van der Waals surface area contributed by atoms with Crippen molar-refractivity contribution in [1.82, 2.24) is 15.2 Å². The summed E-state index contributed by atoms with van der Waals surface area (Å²) in [4.78, 5) is 4.81. The Kier molecular flexibility index (Phi) is 5.77. The van der Waals surface area contributed by atoms with Crippen LogP contribution in [0.1, 0.15) is 56.7 Å². The molecule has 2 unspecified atom stereocenters. The van der Waals surface area contributed by atoms with Crippen LogP contribution in [0.4, 0.5) is 0 Å². The Hall–Kier alpha value is -0.490. The van der Waals surface area contributed by atoms with Gasteiger partial charge in [-0.3, -0.25) is 0 Å². The van der Waals surface area contributed by atoms with E-state index in [1.54, 1.807) is 0 Å². The smallest absolute Gasteiger partial charge is 0.155 e. The van der Waals surface area contributed by atoms with E-state index in [1.165, 1.54) is 0 Å². The van der Waals surface area contributed by atoms with Crippen molar-refractivity contribution in [2.75, 3.05) is 0 Å². The molecule has 21 heavy (non-hydrogen) atoms. The zero-order chi connectivity index (χ0) is 15.5. The fraction of sp³-hybridized carbons (Fsp3) is 0.562. The summed E-state index contributed by atoms with van der Waals surface area (Å²) in [6, 6.07) is 0. The molecule has 114 valence electrons. The molecule has 3 nitrogen and oxygen atoms in total. The highest BCUT2D eigenvalue weighted by Gasteiger charge is 2.36. The lowest BCUT2D eigenvalue weighted by Crippen LogP contribution is -2.30. The Labute approximate surface area is 145 Å². The van der Waals surface area contributed by atoms with Gasteiger partial charge in [0.2, 0.25) is 0 Å². The van der Waals surface area contributed by atoms with Crippen LogP contribution in [0.3, 0.4) is 0 Å². The van der Waals surface area contributed by atoms with Gasteiger partial charge in [0, 0.05) is 11.0 Å². The number of alkyl halides is 1. The Bertz CT molecular complexity index is 571. The Morgan fingerprint density at radius 2 is 1.95 bits per heavy atom. The first-order chi connectivity index (χ1) is 10.0. The number of hydrogen-bond donors (Lipinski definition) is 0. The van der Waals surface area contributed by atoms with Crippen molar-refractivity contribution in [3.8, 4) is 0 Å². The van der Waals surface area contributed by atoms with Crippen molar-refractivity contribution < 1.29 is 0 Å². The molecule has 2 rings (SSSR count). The third kappa shape index (κ3) is 3.65. The number of hydrogen-bond acceptors (Lipinski definition) is 3. The molecule has 5 heteroatoms. The van der Waals surface area contributed by atoms with Gasteiger partial charge < -0.3 is 0 Å². The SMILES string of the molecule is CCc1nnc(C(CC)C2(I)C=CC(Cl)=CC2)nc1CC. The molecular formula is C16H21ClIN3. The van der Waals surface area contributed by atoms with Crippen molar-refractivity contribution in [2.24, 2.45) is 0 Å². The first-order valence-electron chi connectivity index (χ1n) is 7.50. The summed E-state index contributed by atoms with van der Waals surface area (Å²) < 4.78 is -0.0225. The van der Waals surface area contributed by atoms with Crippen LogP contribution >= 0.6 is 34.2 Å². The summed E-state index contributed by atoms with van der Waals surface area (Å²) in [6.45, 7) is 6.40. The van der Waals surface area contributed by atoms with Crippen molar-refractivity contribution in [3.05, 3.63) is 40.5 Å². The molecule has 1 aliphatic rings. The monoisotopic (exact) mass is 417 g/mol. The Morgan fingerprint density at radius 1 is 1.24 bits per heavy atom. The highest BCUT2D eigenvalue weighted by molar-refractivity contribution is 14.1. The Balaban J connectivity index is 2.36. The van der Waals surface area contributed by atoms with Crippen molar-refractivity contribution in [1.29, 1.82) is 0 Å². The average molecular weight is 418 g/mol. The van der Waals surface area contributed by atoms with E-state index in [2.05, 4.69) is 65.7 Å². The lowest BCUT2D eigenvalue weighted by Gasteiger charge is -2.32. The number of halogens is 2. The molecule has 0 N–H and O–H groups in total. The molecule has 1 aromatic rings. The van der Waals surface area contributed by atoms with E-state index in [1.807, 2.05) is 6.08 Å². The van der Waals surface area contributed by atoms with Crippen molar-refractivity contribution >= 4 is 34.2 Å². The maximum atomic E-state index is 6.05. The molecule has 0 aromatic carbocycles. The normalized spacial score (nSPS) is 23.0. The van der Waals surface area contributed by atoms with Crippen LogP contribution in [-0.2, 0) is 12.8 Å². The van der Waals surface area contributed by atoms with E-state index in [-0.39, 0.29) is 9.34 Å². The van der Waals surface area contributed by atoms with Crippen molar-refractivity contribution in [2.45, 2.75) is 55.8 Å². The minimum atomic E-state index is -0.0225. The topological polar surface area (TPSA) is 38.7 Å². The average Bonchev–Trinajstić information content (AvgIpc) is 2.51. The molecule has 0 fully saturated rings. The lowest BCUT2D eigenvalue weighted by molar-refractivity contribution is 0.517. The molecule has 1 aromatic heterocycles. The predicted octanol–water partition coefficient (Wildman–Crippen LogP) is 4.75. The maximum absolute atomic E-state index is 6.05. The minimum Gasteiger partial charge on any atom is -0.234 e. The number of aromatic nitrogens is 3. The zero-order valence-electron chi connectivity index (χ0n) is 12.7. The lowest BCUT2D eigenvalue weighted by atomic mass is 9.84. The highest BCUT2D eigenvalue weighted by atomic mass is 127. The molecule has 0 amide bonds. The second-order valence-electron chi connectivity index (χ2n) is 5.28. The summed E-state index contributed by atoms with van der Waals surface area (Å²) >= 11 is 8.56. The number of allylic oxidation sites excluding steroid dienone is 4. The van der Waals surface area contributed by atoms with E-state index in [0.29, 0.717) is 0 Å². The van der Waals surface area contributed by atoms with Gasteiger partial charge >= 0.3 is 0 Å². The van der Waals surface area contributed by atoms with Gasteiger partial charge in [-0.1, -0.05) is 67.1 Å². The second kappa shape index (κ2) is 7.18. The van der Waals surface area contributed by atoms with Crippen LogP contribution in [0, 0.1) is 0 Å². The van der Waals surface area contributed by atoms with Gasteiger partial charge in [0.25, 0.3) is 0 Å².